The van der Waals surface area contributed by atoms with E-state index < -0.39 is 0 Å². The first-order valence-electron chi connectivity index (χ1n) is 22.1. The van der Waals surface area contributed by atoms with Crippen molar-refractivity contribution in [3.05, 3.63) is 179 Å². The van der Waals surface area contributed by atoms with Crippen molar-refractivity contribution in [3.8, 4) is 11.1 Å². The van der Waals surface area contributed by atoms with Crippen LogP contribution < -0.4 is 4.90 Å². The summed E-state index contributed by atoms with van der Waals surface area (Å²) in [6.07, 6.45) is 20.1. The van der Waals surface area contributed by atoms with Gasteiger partial charge in [0.1, 0.15) is 28.1 Å². The number of para-hydroxylation sites is 4. The first kappa shape index (κ1) is 35.0. The van der Waals surface area contributed by atoms with Crippen LogP contribution in [-0.4, -0.2) is 6.04 Å². The average molecular weight is 792 g/mol. The Morgan fingerprint density at radius 2 is 1.36 bits per heavy atom. The molecule has 0 bridgehead atoms. The van der Waals surface area contributed by atoms with Gasteiger partial charge in [-0.3, -0.25) is 0 Å². The second-order valence-corrected chi connectivity index (χ2v) is 18.0. The van der Waals surface area contributed by atoms with E-state index in [4.69, 9.17) is 13.3 Å². The Balaban J connectivity index is 0.950. The lowest BCUT2D eigenvalue weighted by molar-refractivity contribution is 0.547. The molecule has 0 spiro atoms. The van der Waals surface area contributed by atoms with Crippen molar-refractivity contribution in [1.82, 2.24) is 0 Å². The van der Waals surface area contributed by atoms with Gasteiger partial charge in [0.2, 0.25) is 0 Å². The summed E-state index contributed by atoms with van der Waals surface area (Å²) in [5.41, 5.74) is 17.3. The lowest BCUT2D eigenvalue weighted by Gasteiger charge is -2.35. The van der Waals surface area contributed by atoms with E-state index in [9.17, 15) is 0 Å². The third-order valence-electron chi connectivity index (χ3n) is 14.4. The molecule has 2 unspecified atom stereocenters. The number of anilines is 2. The molecule has 13 rings (SSSR count). The minimum atomic E-state index is -0.0225. The van der Waals surface area contributed by atoms with E-state index in [1.165, 1.54) is 54.9 Å². The van der Waals surface area contributed by atoms with E-state index in [2.05, 4.69) is 170 Å². The number of allylic oxidation sites excluding steroid dienone is 6. The molecule has 4 heteroatoms. The fourth-order valence-electron chi connectivity index (χ4n) is 11.4. The predicted octanol–water partition coefficient (Wildman–Crippen LogP) is 15.9. The van der Waals surface area contributed by atoms with Crippen LogP contribution in [0, 0.1) is 0 Å². The second kappa shape index (κ2) is 13.1. The Labute approximate surface area is 354 Å². The minimum absolute atomic E-state index is 0.0225. The van der Waals surface area contributed by atoms with E-state index in [0.29, 0.717) is 0 Å². The van der Waals surface area contributed by atoms with Crippen molar-refractivity contribution in [2.45, 2.75) is 69.7 Å². The summed E-state index contributed by atoms with van der Waals surface area (Å²) in [7, 11) is 0. The molecule has 296 valence electrons. The molecule has 3 aromatic heterocycles. The van der Waals surface area contributed by atoms with Gasteiger partial charge in [-0.05, 0) is 73.1 Å². The van der Waals surface area contributed by atoms with Gasteiger partial charge in [0.25, 0.3) is 0 Å². The Morgan fingerprint density at radius 3 is 2.25 bits per heavy atom. The molecule has 0 N–H and O–H groups in total. The van der Waals surface area contributed by atoms with Crippen LogP contribution in [0.25, 0.3) is 77.6 Å². The smallest absolute Gasteiger partial charge is 0.159 e. The monoisotopic (exact) mass is 791 g/mol. The molecule has 61 heavy (non-hydrogen) atoms. The SMILES string of the molecule is CC1(C)C2=C(C=CCC2)c2c1ccc1c2oc2c(N(c3ccc(-c4cccc5c6c(oc45)CCC=C6)cc3)C3C=CC(c4cccc5c4oc4ccccc45)CC3)cccc21. The van der Waals surface area contributed by atoms with Crippen LogP contribution in [0.1, 0.15) is 79.9 Å². The third kappa shape index (κ3) is 5.11. The number of rotatable bonds is 5. The number of hydrogen-bond donors (Lipinski definition) is 0. The number of aryl methyl sites for hydroxylation is 1. The molecule has 0 aliphatic heterocycles. The molecule has 0 radical (unpaired) electrons. The molecule has 0 amide bonds. The summed E-state index contributed by atoms with van der Waals surface area (Å²) >= 11 is 0. The van der Waals surface area contributed by atoms with Crippen LogP contribution in [0.5, 0.6) is 0 Å². The zero-order valence-corrected chi connectivity index (χ0v) is 34.5. The largest absolute Gasteiger partial charge is 0.460 e. The number of fused-ring (bicyclic) bond motifs is 12. The molecule has 0 saturated heterocycles. The van der Waals surface area contributed by atoms with Gasteiger partial charge in [0.15, 0.2) is 5.58 Å². The Bertz CT molecular complexity index is 3410. The lowest BCUT2D eigenvalue weighted by atomic mass is 9.78. The standard InChI is InChI=1S/C57H45NO3/c1-57(2)47-20-6-3-14-46(47)52-48(57)33-32-45-44-19-11-21-49(55(44)61-56(45)52)58(36-28-24-34(25-29-36)38-15-9-17-42-40-12-4-7-22-50(40)59-53(38)42)37-30-26-35(27-31-37)39-16-10-18-43-41-13-5-8-23-51(41)60-54(39)43/h3-5,7,9-19,21-22,24,26-28,30-34,36H,6,8,20,23,25,29H2,1-2H3. The molecule has 4 nitrogen and oxygen atoms in total. The van der Waals surface area contributed by atoms with Gasteiger partial charge in [-0.2, -0.15) is 0 Å². The fourth-order valence-corrected chi connectivity index (χ4v) is 11.4. The van der Waals surface area contributed by atoms with Gasteiger partial charge in [0, 0.05) is 72.6 Å². The van der Waals surface area contributed by atoms with Gasteiger partial charge in [-0.25, -0.2) is 0 Å². The van der Waals surface area contributed by atoms with E-state index in [1.54, 1.807) is 0 Å². The summed E-state index contributed by atoms with van der Waals surface area (Å²) in [6, 6.07) is 42.1. The van der Waals surface area contributed by atoms with Crippen LogP contribution in [0.3, 0.4) is 0 Å². The summed E-state index contributed by atoms with van der Waals surface area (Å²) < 4.78 is 20.3. The first-order valence-corrected chi connectivity index (χ1v) is 22.1. The van der Waals surface area contributed by atoms with Gasteiger partial charge in [0.05, 0.1) is 11.7 Å². The molecule has 0 saturated carbocycles. The van der Waals surface area contributed by atoms with E-state index >= 15 is 0 Å². The first-order chi connectivity index (χ1) is 30.0. The maximum Gasteiger partial charge on any atom is 0.159 e. The topological polar surface area (TPSA) is 42.7 Å². The quantitative estimate of drug-likeness (QED) is 0.163. The highest BCUT2D eigenvalue weighted by atomic mass is 16.3. The highest BCUT2D eigenvalue weighted by molar-refractivity contribution is 6.14. The van der Waals surface area contributed by atoms with Crippen LogP contribution in [-0.2, 0) is 11.8 Å². The molecular weight excluding hydrogens is 747 g/mol. The van der Waals surface area contributed by atoms with Crippen LogP contribution in [0.15, 0.2) is 164 Å². The maximum absolute atomic E-state index is 7.25. The highest BCUT2D eigenvalue weighted by Gasteiger charge is 2.39. The van der Waals surface area contributed by atoms with Gasteiger partial charge in [-0.1, -0.05) is 147 Å². The summed E-state index contributed by atoms with van der Waals surface area (Å²) in [5.74, 6) is 1.34. The molecule has 4 aliphatic carbocycles. The fraction of sp³-hybridized carbons (Fsp3) is 0.193. The molecule has 6 aromatic carbocycles. The molecule has 9 aromatic rings. The van der Waals surface area contributed by atoms with Crippen molar-refractivity contribution < 1.29 is 13.3 Å². The highest BCUT2D eigenvalue weighted by Crippen LogP contribution is 2.54. The van der Waals surface area contributed by atoms with Gasteiger partial charge < -0.3 is 18.2 Å². The maximum atomic E-state index is 7.25. The normalized spacial score (nSPS) is 19.1. The summed E-state index contributed by atoms with van der Waals surface area (Å²) in [4.78, 5) is 2.52. The third-order valence-corrected chi connectivity index (χ3v) is 14.4. The van der Waals surface area contributed by atoms with Gasteiger partial charge >= 0.3 is 0 Å². The second-order valence-electron chi connectivity index (χ2n) is 18.0. The number of hydrogen-bond acceptors (Lipinski definition) is 4. The molecule has 4 aliphatic rings. The van der Waals surface area contributed by atoms with Crippen LogP contribution in [0.4, 0.5) is 11.4 Å². The summed E-state index contributed by atoms with van der Waals surface area (Å²) in [5, 5.41) is 5.88. The molecule has 3 heterocycles. The number of furan rings is 3. The van der Waals surface area contributed by atoms with Crippen LogP contribution >= 0.6 is 0 Å². The molecule has 0 fully saturated rings. The average Bonchev–Trinajstić information content (AvgIpc) is 4.06. The Morgan fingerprint density at radius 1 is 0.590 bits per heavy atom. The van der Waals surface area contributed by atoms with E-state index in [-0.39, 0.29) is 17.4 Å². The molecular formula is C57H45NO3. The minimum Gasteiger partial charge on any atom is -0.460 e. The van der Waals surface area contributed by atoms with Crippen molar-refractivity contribution in [1.29, 1.82) is 0 Å². The summed E-state index contributed by atoms with van der Waals surface area (Å²) in [6.45, 7) is 4.77. The predicted molar refractivity (Wildman–Crippen MR) is 252 cm³/mol. The van der Waals surface area contributed by atoms with Crippen molar-refractivity contribution in [2.24, 2.45) is 0 Å². The van der Waals surface area contributed by atoms with Crippen molar-refractivity contribution in [2.75, 3.05) is 4.90 Å². The Hall–Kier alpha value is -6.78. The number of benzene rings is 6. The van der Waals surface area contributed by atoms with Crippen molar-refractivity contribution in [3.63, 3.8) is 0 Å². The van der Waals surface area contributed by atoms with Crippen molar-refractivity contribution >= 4 is 77.9 Å². The van der Waals surface area contributed by atoms with E-state index in [1.807, 2.05) is 0 Å². The number of nitrogens with zero attached hydrogens (tertiary/aromatic N) is 1. The van der Waals surface area contributed by atoms with Gasteiger partial charge in [-0.15, -0.1) is 0 Å². The van der Waals surface area contributed by atoms with Crippen LogP contribution in [0.2, 0.25) is 0 Å². The lowest BCUT2D eigenvalue weighted by Crippen LogP contribution is -2.31. The van der Waals surface area contributed by atoms with E-state index in [0.717, 1.165) is 100 Å². The molecule has 2 atom stereocenters. The zero-order valence-electron chi connectivity index (χ0n) is 34.5. The zero-order chi connectivity index (χ0) is 40.4. The Kier molecular flexibility index (Phi) is 7.53.